The van der Waals surface area contributed by atoms with Gasteiger partial charge in [-0.3, -0.25) is 0 Å². The highest BCUT2D eigenvalue weighted by Crippen LogP contribution is 2.46. The van der Waals surface area contributed by atoms with Crippen LogP contribution < -0.4 is 0 Å². The van der Waals surface area contributed by atoms with Crippen molar-refractivity contribution in [2.24, 2.45) is 5.41 Å². The van der Waals surface area contributed by atoms with E-state index in [1.54, 1.807) is 6.92 Å². The van der Waals surface area contributed by atoms with Crippen molar-refractivity contribution in [3.8, 4) is 0 Å². The number of methoxy groups -OCH3 is 2. The summed E-state index contributed by atoms with van der Waals surface area (Å²) >= 11 is 0. The minimum absolute atomic E-state index is 0.424. The number of alkyl halides is 3. The molecule has 8 heteroatoms. The summed E-state index contributed by atoms with van der Waals surface area (Å²) in [6, 6.07) is 6.51. The van der Waals surface area contributed by atoms with Gasteiger partial charge >= 0.3 is 18.1 Å². The highest BCUT2D eigenvalue weighted by Gasteiger charge is 2.65. The van der Waals surface area contributed by atoms with Crippen molar-refractivity contribution < 1.29 is 37.0 Å². The third-order valence-electron chi connectivity index (χ3n) is 5.44. The highest BCUT2D eigenvalue weighted by atomic mass is 19.4. The van der Waals surface area contributed by atoms with Gasteiger partial charge in [0.2, 0.25) is 6.10 Å². The van der Waals surface area contributed by atoms with Crippen LogP contribution in [0, 0.1) is 5.41 Å². The molecule has 0 aliphatic heterocycles. The summed E-state index contributed by atoms with van der Waals surface area (Å²) in [5, 5.41) is 0. The van der Waals surface area contributed by atoms with Crippen molar-refractivity contribution in [1.29, 1.82) is 0 Å². The second kappa shape index (κ2) is 8.51. The molecule has 1 saturated carbocycles. The van der Waals surface area contributed by atoms with E-state index in [1.165, 1.54) is 18.2 Å². The van der Waals surface area contributed by atoms with Gasteiger partial charge in [-0.2, -0.15) is 13.2 Å². The largest absolute Gasteiger partial charge is 0.466 e. The molecule has 28 heavy (non-hydrogen) atoms. The maximum atomic E-state index is 14.0. The minimum atomic E-state index is -5.10. The van der Waals surface area contributed by atoms with E-state index < -0.39 is 40.8 Å². The monoisotopic (exact) mass is 402 g/mol. The van der Waals surface area contributed by atoms with Crippen molar-refractivity contribution in [2.45, 2.75) is 56.9 Å². The molecule has 0 N–H and O–H groups in total. The maximum absolute atomic E-state index is 14.0. The van der Waals surface area contributed by atoms with Crippen LogP contribution in [0.4, 0.5) is 13.2 Å². The first-order chi connectivity index (χ1) is 13.1. The molecule has 0 saturated heterocycles. The topological polar surface area (TPSA) is 61.8 Å². The van der Waals surface area contributed by atoms with Crippen LogP contribution in [0.1, 0.15) is 44.6 Å². The third-order valence-corrected chi connectivity index (χ3v) is 5.44. The molecular formula is C20H25F3O5. The fourth-order valence-electron chi connectivity index (χ4n) is 3.78. The Labute approximate surface area is 162 Å². The number of carbonyl (C=O) groups excluding carboxylic acids is 2. The van der Waals surface area contributed by atoms with E-state index in [2.05, 4.69) is 0 Å². The normalized spacial score (nSPS) is 19.9. The van der Waals surface area contributed by atoms with Crippen LogP contribution in [0.5, 0.6) is 0 Å². The molecule has 1 aromatic rings. The van der Waals surface area contributed by atoms with E-state index in [1.807, 2.05) is 0 Å². The van der Waals surface area contributed by atoms with Gasteiger partial charge in [0.15, 0.2) is 0 Å². The lowest BCUT2D eigenvalue weighted by molar-refractivity contribution is -0.280. The zero-order valence-electron chi connectivity index (χ0n) is 16.2. The van der Waals surface area contributed by atoms with Crippen molar-refractivity contribution in [2.75, 3.05) is 14.2 Å². The molecule has 2 rings (SSSR count). The highest BCUT2D eigenvalue weighted by molar-refractivity contribution is 5.86. The molecule has 0 bridgehead atoms. The summed E-state index contributed by atoms with van der Waals surface area (Å²) in [5.74, 6) is -2.56. The predicted octanol–water partition coefficient (Wildman–Crippen LogP) is 4.15. The maximum Gasteiger partial charge on any atom is 0.432 e. The number of esters is 2. The second-order valence-electron chi connectivity index (χ2n) is 7.27. The molecular weight excluding hydrogens is 377 g/mol. The molecule has 5 nitrogen and oxygen atoms in total. The van der Waals surface area contributed by atoms with Crippen LogP contribution >= 0.6 is 0 Å². The molecule has 1 aliphatic rings. The van der Waals surface area contributed by atoms with Crippen LogP contribution in [-0.2, 0) is 29.4 Å². The van der Waals surface area contributed by atoms with Gasteiger partial charge in [0.1, 0.15) is 0 Å². The Balaban J connectivity index is 2.46. The lowest BCUT2D eigenvalue weighted by Gasteiger charge is -2.40. The predicted molar refractivity (Wildman–Crippen MR) is 94.3 cm³/mol. The number of hydrogen-bond acceptors (Lipinski definition) is 5. The Morgan fingerprint density at radius 2 is 1.61 bits per heavy atom. The third kappa shape index (κ3) is 4.01. The standard InChI is InChI=1S/C20H25F3O5/c1-18(12-8-5-9-13-18)15(16(24)26-2)28-17(25)19(27-3,20(21,22)23)14-10-6-4-7-11-14/h4,6-7,10-11,15H,5,8-9,12-13H2,1-3H3/t15-,19+/m0/s1. The zero-order valence-corrected chi connectivity index (χ0v) is 16.2. The van der Waals surface area contributed by atoms with Gasteiger partial charge < -0.3 is 14.2 Å². The molecule has 0 radical (unpaired) electrons. The van der Waals surface area contributed by atoms with Gasteiger partial charge in [0.25, 0.3) is 5.60 Å². The lowest BCUT2D eigenvalue weighted by Crippen LogP contribution is -2.55. The first-order valence-electron chi connectivity index (χ1n) is 9.08. The molecule has 0 amide bonds. The average Bonchev–Trinajstić information content (AvgIpc) is 2.66. The molecule has 1 fully saturated rings. The molecule has 0 aromatic heterocycles. The van der Waals surface area contributed by atoms with Crippen LogP contribution in [0.2, 0.25) is 0 Å². The molecule has 0 heterocycles. The molecule has 1 aromatic carbocycles. The summed E-state index contributed by atoms with van der Waals surface area (Å²) in [5.41, 5.74) is -4.57. The molecule has 156 valence electrons. The molecule has 1 aliphatic carbocycles. The number of rotatable bonds is 6. The van der Waals surface area contributed by atoms with Crippen LogP contribution in [-0.4, -0.2) is 38.4 Å². The van der Waals surface area contributed by atoms with E-state index in [9.17, 15) is 22.8 Å². The Morgan fingerprint density at radius 3 is 2.07 bits per heavy atom. The minimum Gasteiger partial charge on any atom is -0.466 e. The summed E-state index contributed by atoms with van der Waals surface area (Å²) in [7, 11) is 1.90. The van der Waals surface area contributed by atoms with Gasteiger partial charge in [-0.15, -0.1) is 0 Å². The SMILES string of the molecule is COC(=O)[C@H](OC(=O)[C@](OC)(c1ccccc1)C(F)(F)F)C1(C)CCCCC1. The Hall–Kier alpha value is -2.09. The molecule has 2 atom stereocenters. The summed E-state index contributed by atoms with van der Waals surface area (Å²) < 4.78 is 56.8. The van der Waals surface area contributed by atoms with E-state index in [0.717, 1.165) is 45.6 Å². The first-order valence-corrected chi connectivity index (χ1v) is 9.08. The Morgan fingerprint density at radius 1 is 1.04 bits per heavy atom. The van der Waals surface area contributed by atoms with Gasteiger partial charge in [0.05, 0.1) is 7.11 Å². The smallest absolute Gasteiger partial charge is 0.432 e. The van der Waals surface area contributed by atoms with Crippen molar-refractivity contribution in [1.82, 2.24) is 0 Å². The zero-order chi connectivity index (χ0) is 21.0. The van der Waals surface area contributed by atoms with Crippen molar-refractivity contribution in [3.05, 3.63) is 35.9 Å². The quantitative estimate of drug-likeness (QED) is 0.669. The number of benzene rings is 1. The fraction of sp³-hybridized carbons (Fsp3) is 0.600. The van der Waals surface area contributed by atoms with Crippen molar-refractivity contribution in [3.63, 3.8) is 0 Å². The van der Waals surface area contributed by atoms with Gasteiger partial charge in [-0.25, -0.2) is 9.59 Å². The lowest BCUT2D eigenvalue weighted by atomic mass is 9.71. The van der Waals surface area contributed by atoms with Gasteiger partial charge in [-0.05, 0) is 12.8 Å². The van der Waals surface area contributed by atoms with Crippen LogP contribution in [0.15, 0.2) is 30.3 Å². The number of carbonyl (C=O) groups is 2. The summed E-state index contributed by atoms with van der Waals surface area (Å²) in [4.78, 5) is 25.2. The summed E-state index contributed by atoms with van der Waals surface area (Å²) in [6.07, 6.45) is -2.95. The van der Waals surface area contributed by atoms with Crippen LogP contribution in [0.25, 0.3) is 0 Å². The van der Waals surface area contributed by atoms with Gasteiger partial charge in [0, 0.05) is 18.1 Å². The van der Waals surface area contributed by atoms with E-state index in [0.29, 0.717) is 12.8 Å². The fourth-order valence-corrected chi connectivity index (χ4v) is 3.78. The second-order valence-corrected chi connectivity index (χ2v) is 7.27. The number of ether oxygens (including phenoxy) is 3. The van der Waals surface area contributed by atoms with Gasteiger partial charge in [-0.1, -0.05) is 56.5 Å². The molecule has 0 unspecified atom stereocenters. The number of halogens is 3. The van der Waals surface area contributed by atoms with E-state index in [-0.39, 0.29) is 0 Å². The van der Waals surface area contributed by atoms with Crippen LogP contribution in [0.3, 0.4) is 0 Å². The van der Waals surface area contributed by atoms with E-state index >= 15 is 0 Å². The molecule has 0 spiro atoms. The average molecular weight is 402 g/mol. The Bertz CT molecular complexity index is 683. The van der Waals surface area contributed by atoms with Crippen molar-refractivity contribution >= 4 is 11.9 Å². The number of hydrogen-bond donors (Lipinski definition) is 0. The first kappa shape index (κ1) is 22.2. The van der Waals surface area contributed by atoms with E-state index in [4.69, 9.17) is 14.2 Å². The summed E-state index contributed by atoms with van der Waals surface area (Å²) in [6.45, 7) is 1.73. The Kier molecular flexibility index (Phi) is 6.75.